The third-order valence-electron chi connectivity index (χ3n) is 3.59. The van der Waals surface area contributed by atoms with Crippen molar-refractivity contribution in [2.24, 2.45) is 11.3 Å². The smallest absolute Gasteiger partial charge is 0.150 e. The van der Waals surface area contributed by atoms with E-state index in [2.05, 4.69) is 19.2 Å². The highest BCUT2D eigenvalue weighted by atomic mass is 32.2. The number of rotatable bonds is 2. The van der Waals surface area contributed by atoms with Gasteiger partial charge in [0.2, 0.25) is 0 Å². The molecule has 1 N–H and O–H groups in total. The molecular formula is C12H23NO3S. The van der Waals surface area contributed by atoms with Crippen LogP contribution in [0.5, 0.6) is 0 Å². The van der Waals surface area contributed by atoms with Gasteiger partial charge in [-0.2, -0.15) is 0 Å². The molecule has 2 fully saturated rings. The molecule has 2 rings (SSSR count). The third kappa shape index (κ3) is 3.93. The van der Waals surface area contributed by atoms with E-state index in [0.717, 1.165) is 32.4 Å². The Labute approximate surface area is 104 Å². The van der Waals surface area contributed by atoms with Crippen LogP contribution in [0.3, 0.4) is 0 Å². The van der Waals surface area contributed by atoms with Gasteiger partial charge in [0.05, 0.1) is 18.1 Å². The molecule has 2 saturated heterocycles. The van der Waals surface area contributed by atoms with Crippen LogP contribution in [0.4, 0.5) is 0 Å². The predicted octanol–water partition coefficient (Wildman–Crippen LogP) is 1.17. The zero-order chi connectivity index (χ0) is 12.5. The Balaban J connectivity index is 1.82. The molecule has 4 nitrogen and oxygen atoms in total. The average Bonchev–Trinajstić information content (AvgIpc) is 2.20. The Morgan fingerprint density at radius 2 is 2.18 bits per heavy atom. The molecule has 0 radical (unpaired) electrons. The van der Waals surface area contributed by atoms with Gasteiger partial charge >= 0.3 is 0 Å². The van der Waals surface area contributed by atoms with Gasteiger partial charge in [-0.05, 0) is 25.2 Å². The van der Waals surface area contributed by atoms with Crippen LogP contribution in [0.2, 0.25) is 0 Å². The third-order valence-corrected chi connectivity index (χ3v) is 5.48. The van der Waals surface area contributed by atoms with E-state index in [4.69, 9.17) is 4.74 Å². The summed E-state index contributed by atoms with van der Waals surface area (Å²) in [6.45, 7) is 6.03. The summed E-state index contributed by atoms with van der Waals surface area (Å²) in [5.41, 5.74) is 0.190. The largest absolute Gasteiger partial charge is 0.363 e. The Morgan fingerprint density at radius 1 is 1.41 bits per heavy atom. The van der Waals surface area contributed by atoms with E-state index in [0.29, 0.717) is 11.5 Å². The van der Waals surface area contributed by atoms with Crippen molar-refractivity contribution >= 4 is 9.84 Å². The molecule has 100 valence electrons. The van der Waals surface area contributed by atoms with Gasteiger partial charge in [-0.1, -0.05) is 13.8 Å². The summed E-state index contributed by atoms with van der Waals surface area (Å²) in [4.78, 5) is 0. The molecule has 2 unspecified atom stereocenters. The second-order valence-corrected chi connectivity index (χ2v) is 8.43. The maximum Gasteiger partial charge on any atom is 0.150 e. The zero-order valence-electron chi connectivity index (χ0n) is 10.7. The van der Waals surface area contributed by atoms with Gasteiger partial charge in [0, 0.05) is 12.0 Å². The first kappa shape index (κ1) is 13.3. The fraction of sp³-hybridized carbons (Fsp3) is 1.00. The van der Waals surface area contributed by atoms with Crippen molar-refractivity contribution in [2.75, 3.05) is 24.7 Å². The molecule has 17 heavy (non-hydrogen) atoms. The minimum Gasteiger partial charge on any atom is -0.363 e. The first-order valence-corrected chi connectivity index (χ1v) is 8.24. The van der Waals surface area contributed by atoms with Crippen molar-refractivity contribution in [3.63, 3.8) is 0 Å². The van der Waals surface area contributed by atoms with E-state index in [-0.39, 0.29) is 17.6 Å². The van der Waals surface area contributed by atoms with Crippen molar-refractivity contribution < 1.29 is 13.2 Å². The predicted molar refractivity (Wildman–Crippen MR) is 67.5 cm³/mol. The highest BCUT2D eigenvalue weighted by Gasteiger charge is 2.31. The van der Waals surface area contributed by atoms with Crippen LogP contribution in [0.1, 0.15) is 33.1 Å². The van der Waals surface area contributed by atoms with Crippen LogP contribution in [-0.4, -0.2) is 39.3 Å². The molecule has 0 aromatic carbocycles. The van der Waals surface area contributed by atoms with Crippen molar-refractivity contribution in [2.45, 2.75) is 39.3 Å². The number of ether oxygens (including phenoxy) is 1. The van der Waals surface area contributed by atoms with Crippen LogP contribution in [0.15, 0.2) is 0 Å². The lowest BCUT2D eigenvalue weighted by molar-refractivity contribution is -0.0667. The van der Waals surface area contributed by atoms with Gasteiger partial charge in [-0.3, -0.25) is 5.32 Å². The molecule has 0 aromatic heterocycles. The summed E-state index contributed by atoms with van der Waals surface area (Å²) in [7, 11) is -2.79. The van der Waals surface area contributed by atoms with Gasteiger partial charge in [-0.15, -0.1) is 0 Å². The molecular weight excluding hydrogens is 238 g/mol. The fourth-order valence-corrected chi connectivity index (χ4v) is 4.38. The molecule has 2 aliphatic rings. The lowest BCUT2D eigenvalue weighted by Crippen LogP contribution is -2.48. The number of nitrogens with one attached hydrogen (secondary N) is 1. The molecule has 0 spiro atoms. The summed E-state index contributed by atoms with van der Waals surface area (Å²) in [5, 5.41) is 3.37. The lowest BCUT2D eigenvalue weighted by Gasteiger charge is -2.37. The van der Waals surface area contributed by atoms with Gasteiger partial charge < -0.3 is 4.74 Å². The quantitative estimate of drug-likeness (QED) is 0.811. The van der Waals surface area contributed by atoms with E-state index < -0.39 is 9.84 Å². The monoisotopic (exact) mass is 261 g/mol. The van der Waals surface area contributed by atoms with Crippen LogP contribution >= 0.6 is 0 Å². The van der Waals surface area contributed by atoms with Crippen LogP contribution in [0, 0.1) is 11.3 Å². The highest BCUT2D eigenvalue weighted by Crippen LogP contribution is 2.26. The minimum atomic E-state index is -2.79. The van der Waals surface area contributed by atoms with Gasteiger partial charge in [0.25, 0.3) is 0 Å². The first-order valence-electron chi connectivity index (χ1n) is 6.42. The molecule has 2 atom stereocenters. The molecule has 5 heteroatoms. The topological polar surface area (TPSA) is 55.4 Å². The van der Waals surface area contributed by atoms with Crippen molar-refractivity contribution in [3.05, 3.63) is 0 Å². The van der Waals surface area contributed by atoms with E-state index in [9.17, 15) is 8.42 Å². The maximum atomic E-state index is 11.5. The first-order chi connectivity index (χ1) is 7.86. The zero-order valence-corrected chi connectivity index (χ0v) is 11.6. The molecule has 2 aliphatic heterocycles. The summed E-state index contributed by atoms with van der Waals surface area (Å²) >= 11 is 0. The van der Waals surface area contributed by atoms with E-state index in [1.54, 1.807) is 0 Å². The molecule has 0 bridgehead atoms. The summed E-state index contributed by atoms with van der Waals surface area (Å²) in [6.07, 6.45) is 2.70. The Morgan fingerprint density at radius 3 is 2.76 bits per heavy atom. The Kier molecular flexibility index (Phi) is 3.80. The van der Waals surface area contributed by atoms with Crippen molar-refractivity contribution in [1.29, 1.82) is 0 Å². The number of sulfone groups is 1. The van der Waals surface area contributed by atoms with E-state index in [1.165, 1.54) is 0 Å². The molecule has 0 amide bonds. The average molecular weight is 261 g/mol. The van der Waals surface area contributed by atoms with Crippen LogP contribution in [0.25, 0.3) is 0 Å². The summed E-state index contributed by atoms with van der Waals surface area (Å²) in [6, 6.07) is 0. The SMILES string of the molecule is CC1(C)CNC(CC2CCCS(=O)(=O)C2)OC1. The van der Waals surface area contributed by atoms with Gasteiger partial charge in [-0.25, -0.2) is 8.42 Å². The van der Waals surface area contributed by atoms with E-state index in [1.807, 2.05) is 0 Å². The van der Waals surface area contributed by atoms with Crippen LogP contribution in [-0.2, 0) is 14.6 Å². The molecule has 0 saturated carbocycles. The number of hydrogen-bond donors (Lipinski definition) is 1. The molecule has 2 heterocycles. The lowest BCUT2D eigenvalue weighted by atomic mass is 9.92. The maximum absolute atomic E-state index is 11.5. The Hall–Kier alpha value is -0.130. The summed E-state index contributed by atoms with van der Waals surface area (Å²) in [5.74, 6) is 0.986. The normalized spacial score (nSPS) is 36.6. The fourth-order valence-electron chi connectivity index (χ4n) is 2.58. The van der Waals surface area contributed by atoms with Gasteiger partial charge in [0.1, 0.15) is 6.23 Å². The van der Waals surface area contributed by atoms with Gasteiger partial charge in [0.15, 0.2) is 9.84 Å². The minimum absolute atomic E-state index is 0.0429. The number of hydrogen-bond acceptors (Lipinski definition) is 4. The highest BCUT2D eigenvalue weighted by molar-refractivity contribution is 7.91. The molecule has 0 aromatic rings. The van der Waals surface area contributed by atoms with E-state index >= 15 is 0 Å². The van der Waals surface area contributed by atoms with Crippen molar-refractivity contribution in [1.82, 2.24) is 5.32 Å². The Bertz CT molecular complexity index is 354. The standard InChI is InChI=1S/C12H23NO3S/c1-12(2)8-13-11(16-9-12)6-10-4-3-5-17(14,15)7-10/h10-11,13H,3-9H2,1-2H3. The van der Waals surface area contributed by atoms with Crippen molar-refractivity contribution in [3.8, 4) is 0 Å². The van der Waals surface area contributed by atoms with Crippen LogP contribution < -0.4 is 5.32 Å². The summed E-state index contributed by atoms with van der Waals surface area (Å²) < 4.78 is 28.8. The second-order valence-electron chi connectivity index (χ2n) is 6.20. The molecule has 0 aliphatic carbocycles. The second kappa shape index (κ2) is 4.86.